The van der Waals surface area contributed by atoms with Crippen molar-refractivity contribution in [2.24, 2.45) is 0 Å². The van der Waals surface area contributed by atoms with Crippen molar-refractivity contribution in [3.05, 3.63) is 65.4 Å². The Labute approximate surface area is 145 Å². The van der Waals surface area contributed by atoms with Crippen molar-refractivity contribution < 1.29 is 14.3 Å². The van der Waals surface area contributed by atoms with E-state index in [4.69, 9.17) is 9.47 Å². The van der Waals surface area contributed by atoms with Gasteiger partial charge in [0.15, 0.2) is 5.69 Å². The molecule has 0 aliphatic carbocycles. The highest BCUT2D eigenvalue weighted by molar-refractivity contribution is 5.94. The first-order valence-electron chi connectivity index (χ1n) is 8.04. The summed E-state index contributed by atoms with van der Waals surface area (Å²) >= 11 is 0. The molecule has 0 atom stereocenters. The molecule has 0 amide bonds. The molecule has 3 aromatic rings. The number of carbonyl (C=O) groups excluding carboxylic acids is 1. The van der Waals surface area contributed by atoms with Crippen LogP contribution in [0.25, 0.3) is 11.3 Å². The highest BCUT2D eigenvalue weighted by atomic mass is 16.5. The second-order valence-electron chi connectivity index (χ2n) is 5.51. The van der Waals surface area contributed by atoms with E-state index in [0.717, 1.165) is 5.56 Å². The Bertz CT molecular complexity index is 856. The number of ether oxygens (including phenoxy) is 2. The van der Waals surface area contributed by atoms with Crippen LogP contribution >= 0.6 is 0 Å². The number of aromatic nitrogens is 3. The summed E-state index contributed by atoms with van der Waals surface area (Å²) in [5.41, 5.74) is 3.51. The fourth-order valence-electron chi connectivity index (χ4n) is 2.39. The molecule has 6 heteroatoms. The van der Waals surface area contributed by atoms with Crippen LogP contribution in [0.4, 0.5) is 0 Å². The zero-order valence-corrected chi connectivity index (χ0v) is 14.2. The Kier molecular flexibility index (Phi) is 5.09. The minimum atomic E-state index is -0.514. The number of aromatic amines is 1. The molecule has 0 bridgehead atoms. The molecule has 0 aliphatic rings. The summed E-state index contributed by atoms with van der Waals surface area (Å²) in [7, 11) is 0. The number of aryl methyl sites for hydroxylation is 1. The molecule has 0 aliphatic heterocycles. The minimum Gasteiger partial charge on any atom is -0.488 e. The second kappa shape index (κ2) is 7.61. The number of para-hydroxylation sites is 1. The number of carbonyl (C=O) groups is 1. The number of benzene rings is 2. The summed E-state index contributed by atoms with van der Waals surface area (Å²) in [6, 6.07) is 15.5. The van der Waals surface area contributed by atoms with Gasteiger partial charge >= 0.3 is 5.97 Å². The molecule has 0 saturated heterocycles. The number of esters is 1. The molecule has 25 heavy (non-hydrogen) atoms. The number of nitrogens with zero attached hydrogens (tertiary/aromatic N) is 2. The fraction of sp³-hybridized carbons (Fsp3) is 0.211. The summed E-state index contributed by atoms with van der Waals surface area (Å²) in [6.07, 6.45) is 0. The van der Waals surface area contributed by atoms with E-state index in [2.05, 4.69) is 15.4 Å². The average Bonchev–Trinajstić information content (AvgIpc) is 3.11. The Morgan fingerprint density at radius 3 is 2.60 bits per heavy atom. The van der Waals surface area contributed by atoms with E-state index in [-0.39, 0.29) is 12.3 Å². The van der Waals surface area contributed by atoms with Crippen LogP contribution in [0.2, 0.25) is 0 Å². The van der Waals surface area contributed by atoms with Crippen molar-refractivity contribution >= 4 is 5.97 Å². The van der Waals surface area contributed by atoms with Crippen molar-refractivity contribution in [3.63, 3.8) is 0 Å². The van der Waals surface area contributed by atoms with Gasteiger partial charge in [0.2, 0.25) is 0 Å². The van der Waals surface area contributed by atoms with Gasteiger partial charge in [0.05, 0.1) is 6.61 Å². The van der Waals surface area contributed by atoms with Gasteiger partial charge < -0.3 is 9.47 Å². The molecule has 0 unspecified atom stereocenters. The zero-order chi connectivity index (χ0) is 17.6. The lowest BCUT2D eigenvalue weighted by atomic mass is 10.1. The molecular weight excluding hydrogens is 318 g/mol. The first-order chi connectivity index (χ1) is 12.2. The number of nitrogens with one attached hydrogen (secondary N) is 1. The van der Waals surface area contributed by atoms with Gasteiger partial charge in [-0.3, -0.25) is 0 Å². The van der Waals surface area contributed by atoms with Crippen LogP contribution in [0.3, 0.4) is 0 Å². The first kappa shape index (κ1) is 16.7. The summed E-state index contributed by atoms with van der Waals surface area (Å²) in [4.78, 5) is 12.0. The zero-order valence-electron chi connectivity index (χ0n) is 14.2. The Morgan fingerprint density at radius 2 is 1.84 bits per heavy atom. The molecule has 0 radical (unpaired) electrons. The van der Waals surface area contributed by atoms with E-state index < -0.39 is 5.97 Å². The molecular formula is C19H19N3O3. The van der Waals surface area contributed by atoms with Crippen LogP contribution in [-0.2, 0) is 11.3 Å². The molecule has 3 rings (SSSR count). The van der Waals surface area contributed by atoms with Crippen LogP contribution in [0.1, 0.15) is 28.5 Å². The predicted octanol–water partition coefficient (Wildman–Crippen LogP) is 3.54. The van der Waals surface area contributed by atoms with Gasteiger partial charge in [-0.15, -0.1) is 5.10 Å². The topological polar surface area (TPSA) is 77.1 Å². The number of hydrogen-bond donors (Lipinski definition) is 1. The van der Waals surface area contributed by atoms with E-state index in [0.29, 0.717) is 23.6 Å². The van der Waals surface area contributed by atoms with E-state index in [9.17, 15) is 4.79 Å². The van der Waals surface area contributed by atoms with E-state index in [1.54, 1.807) is 6.92 Å². The van der Waals surface area contributed by atoms with Crippen molar-refractivity contribution in [1.82, 2.24) is 15.4 Å². The highest BCUT2D eigenvalue weighted by Crippen LogP contribution is 2.30. The van der Waals surface area contributed by atoms with E-state index in [1.807, 2.05) is 55.5 Å². The lowest BCUT2D eigenvalue weighted by molar-refractivity contribution is 0.0520. The van der Waals surface area contributed by atoms with Gasteiger partial charge in [0, 0.05) is 5.56 Å². The molecule has 1 N–H and O–H groups in total. The lowest BCUT2D eigenvalue weighted by Crippen LogP contribution is -2.07. The average molecular weight is 337 g/mol. The smallest absolute Gasteiger partial charge is 0.361 e. The summed E-state index contributed by atoms with van der Waals surface area (Å²) in [5, 5.41) is 10.5. The summed E-state index contributed by atoms with van der Waals surface area (Å²) < 4.78 is 11.0. The van der Waals surface area contributed by atoms with Gasteiger partial charge in [-0.05, 0) is 31.5 Å². The quantitative estimate of drug-likeness (QED) is 0.696. The predicted molar refractivity (Wildman–Crippen MR) is 93.3 cm³/mol. The first-order valence-corrected chi connectivity index (χ1v) is 8.04. The van der Waals surface area contributed by atoms with Gasteiger partial charge in [-0.2, -0.15) is 10.3 Å². The Hall–Kier alpha value is -3.15. The van der Waals surface area contributed by atoms with Crippen molar-refractivity contribution in [2.45, 2.75) is 20.5 Å². The van der Waals surface area contributed by atoms with Crippen LogP contribution in [-0.4, -0.2) is 28.0 Å². The highest BCUT2D eigenvalue weighted by Gasteiger charge is 2.21. The maximum absolute atomic E-state index is 12.0. The third kappa shape index (κ3) is 3.85. The van der Waals surface area contributed by atoms with Gasteiger partial charge in [0.1, 0.15) is 18.1 Å². The molecule has 2 aromatic carbocycles. The van der Waals surface area contributed by atoms with Crippen LogP contribution < -0.4 is 4.74 Å². The molecule has 0 saturated carbocycles. The molecule has 0 spiro atoms. The molecule has 0 fully saturated rings. The van der Waals surface area contributed by atoms with Gasteiger partial charge in [-0.25, -0.2) is 4.79 Å². The van der Waals surface area contributed by atoms with Gasteiger partial charge in [-0.1, -0.05) is 42.0 Å². The fourth-order valence-corrected chi connectivity index (χ4v) is 2.39. The van der Waals surface area contributed by atoms with E-state index in [1.165, 1.54) is 5.56 Å². The molecule has 128 valence electrons. The second-order valence-corrected chi connectivity index (χ2v) is 5.51. The minimum absolute atomic E-state index is 0.147. The molecule has 1 heterocycles. The SMILES string of the molecule is CCOC(=O)c1n[nH]nc1-c1ccccc1OCc1ccc(C)cc1. The van der Waals surface area contributed by atoms with E-state index >= 15 is 0 Å². The third-order valence-electron chi connectivity index (χ3n) is 3.67. The Morgan fingerprint density at radius 1 is 1.08 bits per heavy atom. The van der Waals surface area contributed by atoms with Crippen molar-refractivity contribution in [1.29, 1.82) is 0 Å². The number of rotatable bonds is 6. The maximum atomic E-state index is 12.0. The third-order valence-corrected chi connectivity index (χ3v) is 3.67. The van der Waals surface area contributed by atoms with Crippen molar-refractivity contribution in [3.8, 4) is 17.0 Å². The monoisotopic (exact) mass is 337 g/mol. The number of H-pyrrole nitrogens is 1. The number of hydrogen-bond acceptors (Lipinski definition) is 5. The van der Waals surface area contributed by atoms with Crippen molar-refractivity contribution in [2.75, 3.05) is 6.61 Å². The largest absolute Gasteiger partial charge is 0.488 e. The normalized spacial score (nSPS) is 10.5. The Balaban J connectivity index is 1.85. The van der Waals surface area contributed by atoms with Crippen LogP contribution in [0.5, 0.6) is 5.75 Å². The van der Waals surface area contributed by atoms with Gasteiger partial charge in [0.25, 0.3) is 0 Å². The maximum Gasteiger partial charge on any atom is 0.361 e. The summed E-state index contributed by atoms with van der Waals surface area (Å²) in [6.45, 7) is 4.48. The summed E-state index contributed by atoms with van der Waals surface area (Å²) in [5.74, 6) is 0.113. The van der Waals surface area contributed by atoms with Crippen LogP contribution in [0.15, 0.2) is 48.5 Å². The standard InChI is InChI=1S/C19H19N3O3/c1-3-24-19(23)18-17(20-22-21-18)15-6-4-5-7-16(15)25-12-14-10-8-13(2)9-11-14/h4-11H,3,12H2,1-2H3,(H,20,21,22). The molecule has 6 nitrogen and oxygen atoms in total. The lowest BCUT2D eigenvalue weighted by Gasteiger charge is -2.11. The van der Waals surface area contributed by atoms with Crippen LogP contribution in [0, 0.1) is 6.92 Å². The molecule has 1 aromatic heterocycles.